The molecule has 0 bridgehead atoms. The summed E-state index contributed by atoms with van der Waals surface area (Å²) in [7, 11) is 0. The smallest absolute Gasteiger partial charge is 0.322 e. The molecular formula is C19H35N7O7. The highest BCUT2D eigenvalue weighted by Crippen LogP contribution is 2.07. The minimum Gasteiger partial charge on any atom is -0.481 e. The highest BCUT2D eigenvalue weighted by atomic mass is 16.4. The molecule has 3 unspecified atom stereocenters. The predicted octanol–water partition coefficient (Wildman–Crippen LogP) is -2.55. The normalized spacial score (nSPS) is 13.3. The zero-order valence-corrected chi connectivity index (χ0v) is 18.9. The number of hydrogen-bond donors (Lipinski definition) is 8. The number of aliphatic carboxylic acids is 2. The number of carboxylic acids is 2. The van der Waals surface area contributed by atoms with Gasteiger partial charge in [0.1, 0.15) is 18.6 Å². The number of carboxylic acid groups (broad SMARTS) is 2. The van der Waals surface area contributed by atoms with Gasteiger partial charge in [0.25, 0.3) is 0 Å². The molecule has 0 saturated carbocycles. The number of amides is 3. The van der Waals surface area contributed by atoms with Gasteiger partial charge in [0.05, 0.1) is 6.04 Å². The van der Waals surface area contributed by atoms with Gasteiger partial charge in [-0.05, 0) is 31.6 Å². The SMILES string of the molecule is CC(C)CC(NC(=O)C(CCC(=O)O)NC(=O)C(N)CCCN=C(N)N)C(=O)NCC(=O)O. The first-order chi connectivity index (χ1) is 15.3. The summed E-state index contributed by atoms with van der Waals surface area (Å²) >= 11 is 0. The lowest BCUT2D eigenvalue weighted by Gasteiger charge is -2.24. The van der Waals surface area contributed by atoms with Crippen LogP contribution in [0.15, 0.2) is 4.99 Å². The van der Waals surface area contributed by atoms with E-state index in [0.717, 1.165) is 0 Å². The van der Waals surface area contributed by atoms with Crippen LogP contribution in [0.3, 0.4) is 0 Å². The molecular weight excluding hydrogens is 438 g/mol. The third-order valence-electron chi connectivity index (χ3n) is 4.34. The molecule has 0 fully saturated rings. The van der Waals surface area contributed by atoms with Crippen molar-refractivity contribution in [2.45, 2.75) is 64.1 Å². The van der Waals surface area contributed by atoms with Crippen molar-refractivity contribution in [3.63, 3.8) is 0 Å². The van der Waals surface area contributed by atoms with Gasteiger partial charge in [0.15, 0.2) is 5.96 Å². The van der Waals surface area contributed by atoms with E-state index in [2.05, 4.69) is 20.9 Å². The molecule has 0 aromatic heterocycles. The number of nitrogens with two attached hydrogens (primary N) is 3. The molecule has 0 spiro atoms. The summed E-state index contributed by atoms with van der Waals surface area (Å²) in [6.07, 6.45) is 0.153. The molecule has 33 heavy (non-hydrogen) atoms. The minimum absolute atomic E-state index is 0.0309. The molecule has 188 valence electrons. The lowest BCUT2D eigenvalue weighted by molar-refractivity contribution is -0.138. The van der Waals surface area contributed by atoms with Gasteiger partial charge < -0.3 is 43.4 Å². The fourth-order valence-corrected chi connectivity index (χ4v) is 2.73. The Morgan fingerprint density at radius 3 is 2.00 bits per heavy atom. The van der Waals surface area contributed by atoms with E-state index in [1.165, 1.54) is 0 Å². The Kier molecular flexibility index (Phi) is 13.8. The molecule has 0 aliphatic carbocycles. The van der Waals surface area contributed by atoms with Crippen LogP contribution in [0.4, 0.5) is 0 Å². The van der Waals surface area contributed by atoms with Gasteiger partial charge in [0.2, 0.25) is 17.7 Å². The maximum absolute atomic E-state index is 12.8. The highest BCUT2D eigenvalue weighted by molar-refractivity contribution is 5.93. The Morgan fingerprint density at radius 1 is 0.879 bits per heavy atom. The van der Waals surface area contributed by atoms with E-state index in [1.807, 2.05) is 0 Å². The number of carbonyl (C=O) groups excluding carboxylic acids is 3. The van der Waals surface area contributed by atoms with Crippen LogP contribution in [0.2, 0.25) is 0 Å². The Morgan fingerprint density at radius 2 is 1.48 bits per heavy atom. The van der Waals surface area contributed by atoms with Crippen LogP contribution in [-0.4, -0.2) is 77.0 Å². The fourth-order valence-electron chi connectivity index (χ4n) is 2.73. The van der Waals surface area contributed by atoms with Crippen LogP contribution >= 0.6 is 0 Å². The quantitative estimate of drug-likeness (QED) is 0.0661. The van der Waals surface area contributed by atoms with E-state index < -0.39 is 60.8 Å². The van der Waals surface area contributed by atoms with Crippen molar-refractivity contribution < 1.29 is 34.2 Å². The van der Waals surface area contributed by atoms with Crippen LogP contribution in [-0.2, 0) is 24.0 Å². The molecule has 0 saturated heterocycles. The molecule has 0 rings (SSSR count). The lowest BCUT2D eigenvalue weighted by Crippen LogP contribution is -2.56. The monoisotopic (exact) mass is 473 g/mol. The number of nitrogens with zero attached hydrogens (tertiary/aromatic N) is 1. The second-order valence-electron chi connectivity index (χ2n) is 7.85. The second-order valence-corrected chi connectivity index (χ2v) is 7.85. The minimum atomic E-state index is -1.26. The van der Waals surface area contributed by atoms with E-state index in [9.17, 15) is 24.0 Å². The van der Waals surface area contributed by atoms with E-state index in [-0.39, 0.29) is 37.7 Å². The van der Waals surface area contributed by atoms with Gasteiger partial charge in [0, 0.05) is 13.0 Å². The van der Waals surface area contributed by atoms with Gasteiger partial charge >= 0.3 is 11.9 Å². The summed E-state index contributed by atoms with van der Waals surface area (Å²) in [6.45, 7) is 3.23. The number of guanidine groups is 1. The Hall–Kier alpha value is -3.42. The summed E-state index contributed by atoms with van der Waals surface area (Å²) in [5.74, 6) is -4.73. The van der Waals surface area contributed by atoms with Gasteiger partial charge in [-0.2, -0.15) is 0 Å². The molecule has 0 aliphatic heterocycles. The largest absolute Gasteiger partial charge is 0.481 e. The third-order valence-corrected chi connectivity index (χ3v) is 4.34. The van der Waals surface area contributed by atoms with Crippen molar-refractivity contribution >= 4 is 35.6 Å². The molecule has 3 amide bonds. The number of hydrogen-bond acceptors (Lipinski definition) is 7. The van der Waals surface area contributed by atoms with Crippen molar-refractivity contribution in [2.75, 3.05) is 13.1 Å². The van der Waals surface area contributed by atoms with Gasteiger partial charge in [-0.3, -0.25) is 29.0 Å². The first-order valence-corrected chi connectivity index (χ1v) is 10.5. The maximum Gasteiger partial charge on any atom is 0.322 e. The maximum atomic E-state index is 12.8. The second kappa shape index (κ2) is 15.4. The molecule has 0 aromatic carbocycles. The van der Waals surface area contributed by atoms with Crippen molar-refractivity contribution in [2.24, 2.45) is 28.1 Å². The summed E-state index contributed by atoms with van der Waals surface area (Å²) in [5.41, 5.74) is 16.3. The number of nitrogens with one attached hydrogen (secondary N) is 3. The highest BCUT2D eigenvalue weighted by Gasteiger charge is 2.29. The van der Waals surface area contributed by atoms with Crippen LogP contribution in [0, 0.1) is 5.92 Å². The van der Waals surface area contributed by atoms with Crippen LogP contribution in [0.5, 0.6) is 0 Å². The topological polar surface area (TPSA) is 252 Å². The summed E-state index contributed by atoms with van der Waals surface area (Å²) in [5, 5.41) is 24.8. The van der Waals surface area contributed by atoms with E-state index in [1.54, 1.807) is 13.8 Å². The summed E-state index contributed by atoms with van der Waals surface area (Å²) < 4.78 is 0. The predicted molar refractivity (Wildman–Crippen MR) is 119 cm³/mol. The van der Waals surface area contributed by atoms with E-state index >= 15 is 0 Å². The zero-order valence-electron chi connectivity index (χ0n) is 18.9. The van der Waals surface area contributed by atoms with Crippen molar-refractivity contribution in [1.82, 2.24) is 16.0 Å². The fraction of sp³-hybridized carbons (Fsp3) is 0.684. The number of aliphatic imine (C=N–C) groups is 1. The van der Waals surface area contributed by atoms with Crippen LogP contribution < -0.4 is 33.2 Å². The first-order valence-electron chi connectivity index (χ1n) is 10.5. The lowest BCUT2D eigenvalue weighted by atomic mass is 10.0. The van der Waals surface area contributed by atoms with Gasteiger partial charge in [-0.25, -0.2) is 0 Å². The molecule has 11 N–H and O–H groups in total. The van der Waals surface area contributed by atoms with E-state index in [4.69, 9.17) is 27.4 Å². The molecule has 14 heteroatoms. The molecule has 14 nitrogen and oxygen atoms in total. The van der Waals surface area contributed by atoms with E-state index in [0.29, 0.717) is 6.42 Å². The van der Waals surface area contributed by atoms with Crippen molar-refractivity contribution in [3.05, 3.63) is 0 Å². The molecule has 0 aromatic rings. The van der Waals surface area contributed by atoms with Gasteiger partial charge in [-0.1, -0.05) is 13.8 Å². The molecule has 0 heterocycles. The Labute approximate surface area is 191 Å². The standard InChI is InChI=1S/C19H35N7O7/c1-10(2)8-13(17(32)24-9-15(29)30)26-18(33)12(5-6-14(27)28)25-16(31)11(20)4-3-7-23-19(21)22/h10-13H,3-9,20H2,1-2H3,(H,24,32)(H,25,31)(H,26,33)(H,27,28)(H,29,30)(H4,21,22,23). The summed E-state index contributed by atoms with van der Waals surface area (Å²) in [4.78, 5) is 63.0. The number of carbonyl (C=O) groups is 5. The number of rotatable bonds is 16. The molecule has 0 aliphatic rings. The van der Waals surface area contributed by atoms with Gasteiger partial charge in [-0.15, -0.1) is 0 Å². The average molecular weight is 474 g/mol. The molecule has 0 radical (unpaired) electrons. The van der Waals surface area contributed by atoms with Crippen LogP contribution in [0.1, 0.15) is 46.0 Å². The first kappa shape index (κ1) is 29.6. The Balaban J connectivity index is 5.22. The van der Waals surface area contributed by atoms with Crippen molar-refractivity contribution in [3.8, 4) is 0 Å². The zero-order chi connectivity index (χ0) is 25.6. The Bertz CT molecular complexity index is 723. The third kappa shape index (κ3) is 14.3. The average Bonchev–Trinajstić information content (AvgIpc) is 2.70. The molecule has 3 atom stereocenters. The summed E-state index contributed by atoms with van der Waals surface area (Å²) in [6, 6.07) is -3.33. The van der Waals surface area contributed by atoms with Crippen molar-refractivity contribution in [1.29, 1.82) is 0 Å². The van der Waals surface area contributed by atoms with Crippen LogP contribution in [0.25, 0.3) is 0 Å².